The molecule has 37 heavy (non-hydrogen) atoms. The molecule has 0 amide bonds. The van der Waals surface area contributed by atoms with Gasteiger partial charge < -0.3 is 14.8 Å². The highest BCUT2D eigenvalue weighted by atomic mass is 19.1. The Hall–Kier alpha value is -3.72. The van der Waals surface area contributed by atoms with E-state index in [0.29, 0.717) is 28.6 Å². The summed E-state index contributed by atoms with van der Waals surface area (Å²) in [5, 5.41) is 3.03. The number of aryl methyl sites for hydroxylation is 1. The third-order valence-corrected chi connectivity index (χ3v) is 7.04. The van der Waals surface area contributed by atoms with Crippen LogP contribution in [0.25, 0.3) is 27.9 Å². The summed E-state index contributed by atoms with van der Waals surface area (Å²) in [6.07, 6.45) is 5.04. The van der Waals surface area contributed by atoms with E-state index in [1.807, 2.05) is 37.5 Å². The number of aromatic nitrogens is 5. The molecule has 7 nitrogen and oxygen atoms in total. The van der Waals surface area contributed by atoms with Gasteiger partial charge in [-0.3, -0.25) is 0 Å². The zero-order valence-electron chi connectivity index (χ0n) is 21.6. The maximum Gasteiger partial charge on any atom is 0.229 e. The number of halogens is 2. The van der Waals surface area contributed by atoms with Crippen LogP contribution in [0.2, 0.25) is 0 Å². The van der Waals surface area contributed by atoms with Crippen LogP contribution in [0.1, 0.15) is 44.1 Å². The minimum absolute atomic E-state index is 0.000256. The summed E-state index contributed by atoms with van der Waals surface area (Å²) in [4.78, 5) is 19.6. The summed E-state index contributed by atoms with van der Waals surface area (Å²) >= 11 is 0. The molecule has 192 valence electrons. The number of nitrogens with zero attached hydrogens (tertiary/aromatic N) is 6. The molecule has 0 radical (unpaired) electrons. The van der Waals surface area contributed by atoms with Crippen molar-refractivity contribution in [3.8, 4) is 11.3 Å². The molecule has 1 N–H and O–H groups in total. The molecule has 1 aliphatic rings. The van der Waals surface area contributed by atoms with Gasteiger partial charge in [-0.05, 0) is 95.1 Å². The van der Waals surface area contributed by atoms with Crippen molar-refractivity contribution >= 4 is 28.4 Å². The van der Waals surface area contributed by atoms with E-state index < -0.39 is 11.6 Å². The molecule has 1 aromatic carbocycles. The Balaban J connectivity index is 1.39. The van der Waals surface area contributed by atoms with Crippen molar-refractivity contribution in [2.24, 2.45) is 5.92 Å². The van der Waals surface area contributed by atoms with Crippen LogP contribution in [0.15, 0.2) is 43.2 Å². The predicted molar refractivity (Wildman–Crippen MR) is 143 cm³/mol. The highest BCUT2D eigenvalue weighted by Gasteiger charge is 2.21. The third kappa shape index (κ3) is 4.96. The average molecular weight is 504 g/mol. The third-order valence-electron chi connectivity index (χ3n) is 7.04. The molecular weight excluding hydrogens is 472 g/mol. The number of benzene rings is 1. The first kappa shape index (κ1) is 25.0. The fourth-order valence-corrected chi connectivity index (χ4v) is 5.05. The smallest absolute Gasteiger partial charge is 0.229 e. The van der Waals surface area contributed by atoms with Crippen molar-refractivity contribution in [3.63, 3.8) is 0 Å². The first-order chi connectivity index (χ1) is 17.7. The number of rotatable bonds is 6. The molecule has 9 heteroatoms. The topological polar surface area (TPSA) is 71.8 Å². The van der Waals surface area contributed by atoms with Gasteiger partial charge in [0.15, 0.2) is 11.6 Å². The molecule has 4 heterocycles. The number of piperidine rings is 1. The minimum Gasteiger partial charge on any atom is -0.326 e. The Bertz CT molecular complexity index is 1450. The Morgan fingerprint density at radius 1 is 1.05 bits per heavy atom. The number of allylic oxidation sites excluding steroid dienone is 1. The second-order valence-corrected chi connectivity index (χ2v) is 10.00. The van der Waals surface area contributed by atoms with Gasteiger partial charge in [-0.25, -0.2) is 28.7 Å². The molecule has 0 atom stereocenters. The highest BCUT2D eigenvalue weighted by molar-refractivity contribution is 5.83. The van der Waals surface area contributed by atoms with Crippen molar-refractivity contribution in [1.82, 2.24) is 29.4 Å². The summed E-state index contributed by atoms with van der Waals surface area (Å²) in [5.74, 6) is 0.666. The lowest BCUT2D eigenvalue weighted by Gasteiger charge is -2.30. The number of nitrogens with one attached hydrogen (secondary N) is 1. The Morgan fingerprint density at radius 2 is 1.81 bits per heavy atom. The minimum atomic E-state index is -0.644. The molecule has 0 saturated carbocycles. The molecule has 0 unspecified atom stereocenters. The number of hydrogen-bond donors (Lipinski definition) is 1. The number of pyridine rings is 1. The van der Waals surface area contributed by atoms with Gasteiger partial charge in [0.05, 0.1) is 11.7 Å². The lowest BCUT2D eigenvalue weighted by atomic mass is 9.87. The lowest BCUT2D eigenvalue weighted by molar-refractivity contribution is 0.248. The van der Waals surface area contributed by atoms with E-state index in [0.717, 1.165) is 43.3 Å². The number of imidazole rings is 1. The molecular formula is C28H31F2N7. The molecule has 3 aromatic heterocycles. The number of hydrogen-bond acceptors (Lipinski definition) is 6. The van der Waals surface area contributed by atoms with E-state index in [9.17, 15) is 8.78 Å². The van der Waals surface area contributed by atoms with Crippen LogP contribution < -0.4 is 5.32 Å². The largest absolute Gasteiger partial charge is 0.326 e. The summed E-state index contributed by atoms with van der Waals surface area (Å²) < 4.78 is 31.7. The first-order valence-electron chi connectivity index (χ1n) is 12.5. The van der Waals surface area contributed by atoms with Gasteiger partial charge in [-0.2, -0.15) is 0 Å². The summed E-state index contributed by atoms with van der Waals surface area (Å²) in [6, 6.07) is 6.85. The Kier molecular flexibility index (Phi) is 6.72. The summed E-state index contributed by atoms with van der Waals surface area (Å²) in [6.45, 7) is 12.3. The number of anilines is 2. The van der Waals surface area contributed by atoms with Crippen LogP contribution in [0, 0.1) is 24.5 Å². The number of likely N-dealkylation sites (tertiary alicyclic amines) is 1. The molecule has 0 spiro atoms. The predicted octanol–water partition coefficient (Wildman–Crippen LogP) is 6.15. The molecule has 1 aliphatic heterocycles. The van der Waals surface area contributed by atoms with Crippen LogP contribution in [0.5, 0.6) is 0 Å². The van der Waals surface area contributed by atoms with Crippen LogP contribution in [-0.4, -0.2) is 49.5 Å². The van der Waals surface area contributed by atoms with E-state index in [-0.39, 0.29) is 23.2 Å². The highest BCUT2D eigenvalue weighted by Crippen LogP contribution is 2.32. The second kappa shape index (κ2) is 9.97. The molecule has 5 rings (SSSR count). The van der Waals surface area contributed by atoms with Gasteiger partial charge in [0.25, 0.3) is 0 Å². The maximum atomic E-state index is 14.9. The van der Waals surface area contributed by atoms with Crippen molar-refractivity contribution in [2.75, 3.05) is 25.5 Å². The first-order valence-corrected chi connectivity index (χ1v) is 12.5. The van der Waals surface area contributed by atoms with Crippen LogP contribution >= 0.6 is 0 Å². The van der Waals surface area contributed by atoms with E-state index in [4.69, 9.17) is 0 Å². The van der Waals surface area contributed by atoms with E-state index in [2.05, 4.69) is 43.8 Å². The Labute approximate surface area is 215 Å². The van der Waals surface area contributed by atoms with Gasteiger partial charge in [0, 0.05) is 17.8 Å². The van der Waals surface area contributed by atoms with Crippen molar-refractivity contribution in [3.05, 3.63) is 66.3 Å². The quantitative estimate of drug-likeness (QED) is 0.340. The standard InChI is InChI=1S/C28H31F2N7/c1-16(2)37-18(4)33-27-22(29)12-21(13-24(27)37)26-23(30)15-32-28(35-26)34-25-7-6-20(14-31-25)17(3)19-8-10-36(5)11-9-19/h6-7,12-16,19H,3,8-11H2,1-2,4-5H3,(H,31,32,34,35). The molecule has 4 aromatic rings. The van der Waals surface area contributed by atoms with Crippen molar-refractivity contribution in [1.29, 1.82) is 0 Å². The second-order valence-electron chi connectivity index (χ2n) is 10.00. The SMILES string of the molecule is C=C(c1ccc(Nc2ncc(F)c(-c3cc(F)c4nc(C)n(C(C)C)c4c3)n2)nc1)C1CCN(C)CC1. The summed E-state index contributed by atoms with van der Waals surface area (Å²) in [7, 11) is 2.14. The Morgan fingerprint density at radius 3 is 2.49 bits per heavy atom. The molecule has 0 aliphatic carbocycles. The molecule has 1 saturated heterocycles. The van der Waals surface area contributed by atoms with Gasteiger partial charge in [-0.15, -0.1) is 0 Å². The van der Waals surface area contributed by atoms with Gasteiger partial charge in [0.2, 0.25) is 5.95 Å². The number of fused-ring (bicyclic) bond motifs is 1. The van der Waals surface area contributed by atoms with Gasteiger partial charge >= 0.3 is 0 Å². The van der Waals surface area contributed by atoms with E-state index >= 15 is 0 Å². The fraction of sp³-hybridized carbons (Fsp3) is 0.357. The van der Waals surface area contributed by atoms with E-state index in [1.54, 1.807) is 12.3 Å². The summed E-state index contributed by atoms with van der Waals surface area (Å²) in [5.41, 5.74) is 3.26. The lowest BCUT2D eigenvalue weighted by Crippen LogP contribution is -2.30. The van der Waals surface area contributed by atoms with Crippen molar-refractivity contribution in [2.45, 2.75) is 39.7 Å². The van der Waals surface area contributed by atoms with E-state index in [1.165, 1.54) is 6.07 Å². The van der Waals surface area contributed by atoms with Gasteiger partial charge in [0.1, 0.15) is 22.9 Å². The van der Waals surface area contributed by atoms with Crippen molar-refractivity contribution < 1.29 is 8.78 Å². The normalized spacial score (nSPS) is 15.0. The monoisotopic (exact) mass is 503 g/mol. The van der Waals surface area contributed by atoms with Crippen LogP contribution in [0.3, 0.4) is 0 Å². The maximum absolute atomic E-state index is 14.9. The average Bonchev–Trinajstić information content (AvgIpc) is 3.22. The van der Waals surface area contributed by atoms with Gasteiger partial charge in [-0.1, -0.05) is 6.58 Å². The fourth-order valence-electron chi connectivity index (χ4n) is 5.05. The molecule has 1 fully saturated rings. The molecule has 0 bridgehead atoms. The zero-order chi connectivity index (χ0) is 26.3. The zero-order valence-corrected chi connectivity index (χ0v) is 21.6. The van der Waals surface area contributed by atoms with Crippen LogP contribution in [0.4, 0.5) is 20.5 Å². The van der Waals surface area contributed by atoms with Crippen LogP contribution in [-0.2, 0) is 0 Å².